The second-order valence-electron chi connectivity index (χ2n) is 5.86. The summed E-state index contributed by atoms with van der Waals surface area (Å²) in [4.78, 5) is 26.9. The third kappa shape index (κ3) is 4.29. The number of aromatic hydroxyl groups is 2. The summed E-state index contributed by atoms with van der Waals surface area (Å²) in [5, 5.41) is 21.5. The van der Waals surface area contributed by atoms with Crippen LogP contribution in [0.25, 0.3) is 6.08 Å². The predicted molar refractivity (Wildman–Crippen MR) is 109 cm³/mol. The Kier molecular flexibility index (Phi) is 5.48. The molecule has 8 heteroatoms. The molecule has 1 atom stereocenters. The minimum atomic E-state index is -0.804. The minimum absolute atomic E-state index is 0.0927. The van der Waals surface area contributed by atoms with Crippen molar-refractivity contribution in [2.75, 3.05) is 5.32 Å². The van der Waals surface area contributed by atoms with E-state index < -0.39 is 11.9 Å². The highest BCUT2D eigenvalue weighted by molar-refractivity contribution is 8.26. The van der Waals surface area contributed by atoms with Gasteiger partial charge in [-0.1, -0.05) is 36.1 Å². The highest BCUT2D eigenvalue weighted by atomic mass is 32.2. The molecule has 1 unspecified atom stereocenters. The van der Waals surface area contributed by atoms with Gasteiger partial charge in [-0.2, -0.15) is 0 Å². The molecule has 0 radical (unpaired) electrons. The molecule has 27 heavy (non-hydrogen) atoms. The number of benzene rings is 2. The van der Waals surface area contributed by atoms with Gasteiger partial charge in [-0.3, -0.25) is 14.5 Å². The number of phenolic OH excluding ortho intramolecular Hbond substituents is 2. The quantitative estimate of drug-likeness (QED) is 0.414. The second kappa shape index (κ2) is 7.81. The SMILES string of the molecule is CC(C(=O)Nc1ccc(O)cc1)N1C(=O)/C(=C/c2cccc(O)c2)SC1=S. The van der Waals surface area contributed by atoms with Gasteiger partial charge < -0.3 is 15.5 Å². The summed E-state index contributed by atoms with van der Waals surface area (Å²) in [7, 11) is 0. The number of carbonyl (C=O) groups is 2. The third-order valence-corrected chi connectivity index (χ3v) is 5.22. The minimum Gasteiger partial charge on any atom is -0.508 e. The fourth-order valence-corrected chi connectivity index (χ4v) is 3.91. The zero-order valence-electron chi connectivity index (χ0n) is 14.2. The number of thioether (sulfide) groups is 1. The van der Waals surface area contributed by atoms with Crippen LogP contribution in [-0.2, 0) is 9.59 Å². The van der Waals surface area contributed by atoms with Crippen molar-refractivity contribution in [3.8, 4) is 11.5 Å². The van der Waals surface area contributed by atoms with Crippen LogP contribution in [0.5, 0.6) is 11.5 Å². The van der Waals surface area contributed by atoms with Crippen LogP contribution in [0.15, 0.2) is 53.4 Å². The molecule has 2 amide bonds. The number of hydrogen-bond donors (Lipinski definition) is 3. The average Bonchev–Trinajstić information content (AvgIpc) is 2.90. The molecule has 0 bridgehead atoms. The number of carbonyl (C=O) groups excluding carboxylic acids is 2. The summed E-state index contributed by atoms with van der Waals surface area (Å²) in [5.41, 5.74) is 1.17. The largest absolute Gasteiger partial charge is 0.508 e. The lowest BCUT2D eigenvalue weighted by Gasteiger charge is -2.22. The molecule has 1 saturated heterocycles. The maximum absolute atomic E-state index is 12.7. The smallest absolute Gasteiger partial charge is 0.266 e. The number of anilines is 1. The number of thiocarbonyl (C=S) groups is 1. The van der Waals surface area contributed by atoms with Crippen molar-refractivity contribution in [3.05, 3.63) is 59.0 Å². The van der Waals surface area contributed by atoms with Crippen molar-refractivity contribution in [2.45, 2.75) is 13.0 Å². The van der Waals surface area contributed by atoms with Gasteiger partial charge in [-0.15, -0.1) is 0 Å². The van der Waals surface area contributed by atoms with E-state index in [1.54, 1.807) is 37.3 Å². The van der Waals surface area contributed by atoms with Gasteiger partial charge in [0, 0.05) is 5.69 Å². The van der Waals surface area contributed by atoms with Crippen LogP contribution >= 0.6 is 24.0 Å². The van der Waals surface area contributed by atoms with Crippen LogP contribution in [0.1, 0.15) is 12.5 Å². The maximum Gasteiger partial charge on any atom is 0.266 e. The Hall–Kier alpha value is -2.84. The molecule has 6 nitrogen and oxygen atoms in total. The molecular weight excluding hydrogens is 384 g/mol. The van der Waals surface area contributed by atoms with Crippen molar-refractivity contribution in [3.63, 3.8) is 0 Å². The van der Waals surface area contributed by atoms with Gasteiger partial charge >= 0.3 is 0 Å². The van der Waals surface area contributed by atoms with Gasteiger partial charge in [0.1, 0.15) is 21.9 Å². The van der Waals surface area contributed by atoms with E-state index in [1.807, 2.05) is 0 Å². The summed E-state index contributed by atoms with van der Waals surface area (Å²) in [5.74, 6) is -0.562. The van der Waals surface area contributed by atoms with Crippen LogP contribution in [0.4, 0.5) is 5.69 Å². The normalized spacial score (nSPS) is 16.6. The van der Waals surface area contributed by atoms with E-state index in [4.69, 9.17) is 12.2 Å². The van der Waals surface area contributed by atoms with Crippen LogP contribution in [0, 0.1) is 0 Å². The van der Waals surface area contributed by atoms with Gasteiger partial charge in [0.2, 0.25) is 5.91 Å². The second-order valence-corrected chi connectivity index (χ2v) is 7.53. The number of nitrogens with zero attached hydrogens (tertiary/aromatic N) is 1. The first-order chi connectivity index (χ1) is 12.8. The molecule has 0 aliphatic carbocycles. The first-order valence-corrected chi connectivity index (χ1v) is 9.23. The molecule has 2 aromatic rings. The van der Waals surface area contributed by atoms with Crippen LogP contribution in [0.2, 0.25) is 0 Å². The molecule has 138 valence electrons. The molecular formula is C19H16N2O4S2. The molecule has 1 aliphatic heterocycles. The topological polar surface area (TPSA) is 89.9 Å². The van der Waals surface area contributed by atoms with Crippen molar-refractivity contribution < 1.29 is 19.8 Å². The Morgan fingerprint density at radius 3 is 2.56 bits per heavy atom. The highest BCUT2D eigenvalue weighted by Crippen LogP contribution is 2.34. The molecule has 3 N–H and O–H groups in total. The standard InChI is InChI=1S/C19H16N2O4S2/c1-11(17(24)20-13-5-7-14(22)8-6-13)21-18(25)16(27-19(21)26)10-12-3-2-4-15(23)9-12/h2-11,22-23H,1H3,(H,20,24)/b16-10-. The number of phenols is 2. The number of amides is 2. The van der Waals surface area contributed by atoms with Crippen molar-refractivity contribution >= 4 is 51.9 Å². The van der Waals surface area contributed by atoms with E-state index in [1.165, 1.54) is 29.2 Å². The fraction of sp³-hybridized carbons (Fsp3) is 0.105. The first kappa shape index (κ1) is 18.9. The van der Waals surface area contributed by atoms with Gasteiger partial charge in [-0.05, 0) is 55.0 Å². The van der Waals surface area contributed by atoms with Crippen molar-refractivity contribution in [1.29, 1.82) is 0 Å². The number of nitrogens with one attached hydrogen (secondary N) is 1. The van der Waals surface area contributed by atoms with Gasteiger partial charge in [0.05, 0.1) is 4.91 Å². The van der Waals surface area contributed by atoms with Gasteiger partial charge in [0.15, 0.2) is 0 Å². The molecule has 0 aromatic heterocycles. The molecule has 1 fully saturated rings. The zero-order valence-corrected chi connectivity index (χ0v) is 15.9. The Morgan fingerprint density at radius 2 is 1.89 bits per heavy atom. The molecule has 1 aliphatic rings. The summed E-state index contributed by atoms with van der Waals surface area (Å²) in [6.45, 7) is 1.60. The van der Waals surface area contributed by atoms with E-state index in [0.29, 0.717) is 20.5 Å². The lowest BCUT2D eigenvalue weighted by atomic mass is 10.2. The van der Waals surface area contributed by atoms with E-state index in [0.717, 1.165) is 11.8 Å². The highest BCUT2D eigenvalue weighted by Gasteiger charge is 2.38. The zero-order chi connectivity index (χ0) is 19.6. The lowest BCUT2D eigenvalue weighted by Crippen LogP contribution is -2.44. The van der Waals surface area contributed by atoms with Crippen molar-refractivity contribution in [2.24, 2.45) is 0 Å². The maximum atomic E-state index is 12.7. The third-order valence-electron chi connectivity index (χ3n) is 3.89. The molecule has 0 spiro atoms. The van der Waals surface area contributed by atoms with Crippen LogP contribution < -0.4 is 5.32 Å². The fourth-order valence-electron chi connectivity index (χ4n) is 2.49. The summed E-state index contributed by atoms with van der Waals surface area (Å²) in [6, 6.07) is 11.7. The first-order valence-electron chi connectivity index (χ1n) is 8.01. The summed E-state index contributed by atoms with van der Waals surface area (Å²) < 4.78 is 0.291. The Labute approximate surface area is 165 Å². The van der Waals surface area contributed by atoms with Crippen LogP contribution in [-0.4, -0.2) is 37.3 Å². The number of hydrogen-bond acceptors (Lipinski definition) is 6. The molecule has 2 aromatic carbocycles. The Bertz CT molecular complexity index is 941. The van der Waals surface area contributed by atoms with Crippen LogP contribution in [0.3, 0.4) is 0 Å². The molecule has 1 heterocycles. The van der Waals surface area contributed by atoms with E-state index >= 15 is 0 Å². The Balaban J connectivity index is 1.75. The molecule has 3 rings (SSSR count). The average molecular weight is 400 g/mol. The summed E-state index contributed by atoms with van der Waals surface area (Å²) >= 11 is 6.39. The lowest BCUT2D eigenvalue weighted by molar-refractivity contribution is -0.129. The summed E-state index contributed by atoms with van der Waals surface area (Å²) in [6.07, 6.45) is 1.63. The Morgan fingerprint density at radius 1 is 1.19 bits per heavy atom. The predicted octanol–water partition coefficient (Wildman–Crippen LogP) is 3.33. The van der Waals surface area contributed by atoms with Gasteiger partial charge in [0.25, 0.3) is 5.91 Å². The van der Waals surface area contributed by atoms with Gasteiger partial charge in [-0.25, -0.2) is 0 Å². The van der Waals surface area contributed by atoms with E-state index in [2.05, 4.69) is 5.32 Å². The molecule has 0 saturated carbocycles. The van der Waals surface area contributed by atoms with Crippen molar-refractivity contribution in [1.82, 2.24) is 4.90 Å². The van der Waals surface area contributed by atoms with E-state index in [9.17, 15) is 19.8 Å². The van der Waals surface area contributed by atoms with E-state index in [-0.39, 0.29) is 17.4 Å². The number of rotatable bonds is 4. The monoisotopic (exact) mass is 400 g/mol.